The lowest BCUT2D eigenvalue weighted by atomic mass is 10.2. The van der Waals surface area contributed by atoms with Gasteiger partial charge in [-0.3, -0.25) is 4.99 Å². The molecule has 1 nitrogen and oxygen atoms in total. The van der Waals surface area contributed by atoms with Crippen LogP contribution in [0, 0.1) is 0 Å². The fourth-order valence-corrected chi connectivity index (χ4v) is 1.53. The number of benzene rings is 1. The van der Waals surface area contributed by atoms with Crippen molar-refractivity contribution in [3.63, 3.8) is 0 Å². The van der Waals surface area contributed by atoms with Gasteiger partial charge in [0.1, 0.15) is 0 Å². The number of hydrogen-bond donors (Lipinski definition) is 0. The lowest BCUT2D eigenvalue weighted by Crippen LogP contribution is -1.88. The van der Waals surface area contributed by atoms with Gasteiger partial charge in [0.05, 0.1) is 11.5 Å². The lowest BCUT2D eigenvalue weighted by Gasteiger charge is -2.03. The summed E-state index contributed by atoms with van der Waals surface area (Å²) < 4.78 is 12.6. The third-order valence-electron chi connectivity index (χ3n) is 1.90. The summed E-state index contributed by atoms with van der Waals surface area (Å²) in [7, 11) is 0. The van der Waals surface area contributed by atoms with Gasteiger partial charge >= 0.3 is 0 Å². The summed E-state index contributed by atoms with van der Waals surface area (Å²) in [5.41, 5.74) is 1.85. The van der Waals surface area contributed by atoms with Gasteiger partial charge < -0.3 is 0 Å². The number of hydrogen-bond acceptors (Lipinski definition) is 1. The molecule has 0 spiro atoms. The van der Waals surface area contributed by atoms with Gasteiger partial charge in [0.2, 0.25) is 0 Å². The summed E-state index contributed by atoms with van der Waals surface area (Å²) in [6.45, 7) is 6.90. The molecule has 0 aliphatic carbocycles. The largest absolute Gasteiger partial charge is 0.254 e. The Morgan fingerprint density at radius 3 is 2.56 bits per heavy atom. The maximum absolute atomic E-state index is 12.6. The van der Waals surface area contributed by atoms with Crippen LogP contribution in [0.4, 0.5) is 4.39 Å². The van der Waals surface area contributed by atoms with Gasteiger partial charge in [-0.1, -0.05) is 36.4 Å². The van der Waals surface area contributed by atoms with Gasteiger partial charge in [-0.15, -0.1) is 0 Å². The molecule has 0 unspecified atom stereocenters. The van der Waals surface area contributed by atoms with Crippen molar-refractivity contribution in [2.45, 2.75) is 13.8 Å². The quantitative estimate of drug-likeness (QED) is 0.679. The van der Waals surface area contributed by atoms with E-state index in [9.17, 15) is 4.39 Å². The molecule has 0 heterocycles. The second-order valence-corrected chi connectivity index (χ2v) is 3.82. The van der Waals surface area contributed by atoms with Gasteiger partial charge in [0.25, 0.3) is 0 Å². The average Bonchev–Trinajstić information content (AvgIpc) is 2.16. The summed E-state index contributed by atoms with van der Waals surface area (Å²) in [4.78, 5) is 4.17. The van der Waals surface area contributed by atoms with E-state index < -0.39 is 0 Å². The zero-order valence-electron chi connectivity index (χ0n) is 9.30. The van der Waals surface area contributed by atoms with E-state index in [-0.39, 0.29) is 5.83 Å². The molecule has 0 amide bonds. The SMILES string of the molecule is C=C(N=C(C)/C=C(\C)F)c1ccccc1Cl. The molecule has 0 saturated heterocycles. The Hall–Kier alpha value is -1.41. The van der Waals surface area contributed by atoms with E-state index in [1.165, 1.54) is 13.0 Å². The zero-order chi connectivity index (χ0) is 12.1. The predicted molar refractivity (Wildman–Crippen MR) is 68.5 cm³/mol. The first kappa shape index (κ1) is 12.7. The highest BCUT2D eigenvalue weighted by Crippen LogP contribution is 2.23. The summed E-state index contributed by atoms with van der Waals surface area (Å²) in [6.07, 6.45) is 1.35. The smallest absolute Gasteiger partial charge is 0.0986 e. The highest BCUT2D eigenvalue weighted by molar-refractivity contribution is 6.32. The maximum atomic E-state index is 12.6. The standard InChI is InChI=1S/C13H13ClFN/c1-9(15)8-10(2)16-11(3)12-6-4-5-7-13(12)14/h4-8H,3H2,1-2H3/b9-8+,16-10?. The van der Waals surface area contributed by atoms with Crippen molar-refractivity contribution in [2.24, 2.45) is 4.99 Å². The van der Waals surface area contributed by atoms with Crippen LogP contribution in [0.2, 0.25) is 5.02 Å². The molecular formula is C13H13ClFN. The van der Waals surface area contributed by atoms with Crippen LogP contribution in [-0.2, 0) is 0 Å². The molecule has 1 aromatic rings. The first-order valence-corrected chi connectivity index (χ1v) is 5.21. The van der Waals surface area contributed by atoms with Crippen LogP contribution >= 0.6 is 11.6 Å². The van der Waals surface area contributed by atoms with Crippen molar-refractivity contribution >= 4 is 23.0 Å². The molecule has 0 aliphatic rings. The van der Waals surface area contributed by atoms with E-state index in [1.54, 1.807) is 13.0 Å². The second kappa shape index (κ2) is 5.61. The van der Waals surface area contributed by atoms with Gasteiger partial charge in [0, 0.05) is 16.3 Å². The minimum absolute atomic E-state index is 0.284. The van der Waals surface area contributed by atoms with Gasteiger partial charge in [0.15, 0.2) is 0 Å². The van der Waals surface area contributed by atoms with E-state index >= 15 is 0 Å². The molecule has 16 heavy (non-hydrogen) atoms. The van der Waals surface area contributed by atoms with Crippen molar-refractivity contribution in [2.75, 3.05) is 0 Å². The molecule has 0 atom stereocenters. The highest BCUT2D eigenvalue weighted by atomic mass is 35.5. The Balaban J connectivity index is 2.97. The van der Waals surface area contributed by atoms with E-state index in [0.29, 0.717) is 16.4 Å². The third kappa shape index (κ3) is 3.63. The molecular weight excluding hydrogens is 225 g/mol. The van der Waals surface area contributed by atoms with Crippen molar-refractivity contribution in [3.05, 3.63) is 53.3 Å². The van der Waals surface area contributed by atoms with Crippen LogP contribution in [-0.4, -0.2) is 5.71 Å². The fraction of sp³-hybridized carbons (Fsp3) is 0.154. The van der Waals surface area contributed by atoms with Crippen LogP contribution < -0.4 is 0 Å². The number of rotatable bonds is 3. The van der Waals surface area contributed by atoms with Crippen molar-refractivity contribution in [3.8, 4) is 0 Å². The predicted octanol–water partition coefficient (Wildman–Crippen LogP) is 4.64. The third-order valence-corrected chi connectivity index (χ3v) is 2.23. The Labute approximate surface area is 100.0 Å². The maximum Gasteiger partial charge on any atom is 0.0986 e. The van der Waals surface area contributed by atoms with E-state index in [0.717, 1.165) is 5.56 Å². The molecule has 0 aliphatic heterocycles. The van der Waals surface area contributed by atoms with Crippen LogP contribution in [0.1, 0.15) is 19.4 Å². The summed E-state index contributed by atoms with van der Waals surface area (Å²) in [5.74, 6) is -0.284. The molecule has 0 aromatic heterocycles. The minimum atomic E-state index is -0.284. The molecule has 0 N–H and O–H groups in total. The molecule has 0 fully saturated rings. The molecule has 0 radical (unpaired) electrons. The van der Waals surface area contributed by atoms with Gasteiger partial charge in [-0.2, -0.15) is 0 Å². The topological polar surface area (TPSA) is 12.4 Å². The normalized spacial score (nSPS) is 12.8. The number of allylic oxidation sites excluding steroid dienone is 2. The van der Waals surface area contributed by atoms with Crippen LogP contribution in [0.25, 0.3) is 5.70 Å². The molecule has 84 valence electrons. The molecule has 0 saturated carbocycles. The van der Waals surface area contributed by atoms with Crippen molar-refractivity contribution in [1.29, 1.82) is 0 Å². The highest BCUT2D eigenvalue weighted by Gasteiger charge is 2.02. The molecule has 1 rings (SSSR count). The van der Waals surface area contributed by atoms with Crippen LogP contribution in [0.15, 0.2) is 47.7 Å². The van der Waals surface area contributed by atoms with Crippen LogP contribution in [0.5, 0.6) is 0 Å². The minimum Gasteiger partial charge on any atom is -0.254 e. The van der Waals surface area contributed by atoms with Crippen molar-refractivity contribution in [1.82, 2.24) is 0 Å². The molecule has 1 aromatic carbocycles. The number of halogens is 2. The summed E-state index contributed by atoms with van der Waals surface area (Å²) in [6, 6.07) is 7.28. The number of nitrogens with zero attached hydrogens (tertiary/aromatic N) is 1. The lowest BCUT2D eigenvalue weighted by molar-refractivity contribution is 0.642. The van der Waals surface area contributed by atoms with E-state index in [2.05, 4.69) is 11.6 Å². The Morgan fingerprint density at radius 2 is 2.00 bits per heavy atom. The monoisotopic (exact) mass is 237 g/mol. The summed E-state index contributed by atoms with van der Waals surface area (Å²) in [5, 5.41) is 0.588. The van der Waals surface area contributed by atoms with Gasteiger partial charge in [-0.25, -0.2) is 4.39 Å². The first-order chi connectivity index (χ1) is 7.50. The summed E-state index contributed by atoms with van der Waals surface area (Å²) >= 11 is 5.99. The van der Waals surface area contributed by atoms with Crippen LogP contribution in [0.3, 0.4) is 0 Å². The Bertz CT molecular complexity index is 457. The zero-order valence-corrected chi connectivity index (χ0v) is 10.1. The Kier molecular flexibility index (Phi) is 4.44. The fourth-order valence-electron chi connectivity index (χ4n) is 1.29. The molecule has 0 bridgehead atoms. The van der Waals surface area contributed by atoms with E-state index in [4.69, 9.17) is 11.6 Å². The average molecular weight is 238 g/mol. The number of aliphatic imine (C=N–C) groups is 1. The molecule has 3 heteroatoms. The first-order valence-electron chi connectivity index (χ1n) is 4.83. The van der Waals surface area contributed by atoms with Crippen molar-refractivity contribution < 1.29 is 4.39 Å². The van der Waals surface area contributed by atoms with E-state index in [1.807, 2.05) is 18.2 Å². The Morgan fingerprint density at radius 1 is 1.38 bits per heavy atom. The second-order valence-electron chi connectivity index (χ2n) is 3.41. The van der Waals surface area contributed by atoms with Gasteiger partial charge in [-0.05, 0) is 26.0 Å².